The molecule has 3 rings (SSSR count). The van der Waals surface area contributed by atoms with Crippen LogP contribution >= 0.6 is 0 Å². The summed E-state index contributed by atoms with van der Waals surface area (Å²) >= 11 is 0. The zero-order valence-corrected chi connectivity index (χ0v) is 13.0. The van der Waals surface area contributed by atoms with Crippen LogP contribution in [0.3, 0.4) is 0 Å². The minimum absolute atomic E-state index is 0.260. The van der Waals surface area contributed by atoms with Crippen molar-refractivity contribution >= 4 is 0 Å². The quantitative estimate of drug-likeness (QED) is 0.843. The molecule has 1 spiro atoms. The minimum Gasteiger partial charge on any atom is -0.347 e. The van der Waals surface area contributed by atoms with Crippen molar-refractivity contribution in [2.75, 3.05) is 20.3 Å². The zero-order valence-electron chi connectivity index (χ0n) is 13.0. The first-order chi connectivity index (χ1) is 9.60. The lowest BCUT2D eigenvalue weighted by Gasteiger charge is -2.47. The first-order valence-corrected chi connectivity index (χ1v) is 8.35. The molecule has 0 radical (unpaired) electrons. The van der Waals surface area contributed by atoms with Gasteiger partial charge in [-0.05, 0) is 32.2 Å². The zero-order chi connectivity index (χ0) is 14.2. The summed E-state index contributed by atoms with van der Waals surface area (Å²) in [6, 6.07) is 1.35. The molecule has 1 heterocycles. The summed E-state index contributed by atoms with van der Waals surface area (Å²) in [5, 5.41) is 0. The van der Waals surface area contributed by atoms with Gasteiger partial charge in [-0.25, -0.2) is 0 Å². The van der Waals surface area contributed by atoms with Gasteiger partial charge in [0.1, 0.15) is 0 Å². The fraction of sp³-hybridized carbons (Fsp3) is 1.00. The van der Waals surface area contributed by atoms with Gasteiger partial charge in [0.2, 0.25) is 0 Å². The average molecular weight is 282 g/mol. The predicted octanol–water partition coefficient (Wildman–Crippen LogP) is 2.12. The molecule has 0 aromatic heterocycles. The van der Waals surface area contributed by atoms with E-state index in [1.54, 1.807) is 0 Å². The molecule has 4 nitrogen and oxygen atoms in total. The highest BCUT2D eigenvalue weighted by Crippen LogP contribution is 2.39. The van der Waals surface area contributed by atoms with Gasteiger partial charge >= 0.3 is 0 Å². The molecule has 0 aromatic rings. The van der Waals surface area contributed by atoms with Crippen LogP contribution in [0.4, 0.5) is 0 Å². The van der Waals surface area contributed by atoms with Crippen LogP contribution in [0.2, 0.25) is 0 Å². The summed E-state index contributed by atoms with van der Waals surface area (Å²) in [4.78, 5) is 2.55. The normalized spacial score (nSPS) is 41.4. The van der Waals surface area contributed by atoms with Gasteiger partial charge in [-0.3, -0.25) is 4.90 Å². The van der Waals surface area contributed by atoms with E-state index in [4.69, 9.17) is 15.2 Å². The van der Waals surface area contributed by atoms with E-state index in [0.717, 1.165) is 38.4 Å². The Labute approximate surface area is 123 Å². The Bertz CT molecular complexity index is 330. The van der Waals surface area contributed by atoms with Gasteiger partial charge < -0.3 is 15.2 Å². The molecule has 4 heteroatoms. The Morgan fingerprint density at radius 3 is 2.60 bits per heavy atom. The highest BCUT2D eigenvalue weighted by atomic mass is 16.7. The van der Waals surface area contributed by atoms with Crippen LogP contribution in [-0.4, -0.2) is 49.1 Å². The van der Waals surface area contributed by atoms with Crippen molar-refractivity contribution in [3.63, 3.8) is 0 Å². The lowest BCUT2D eigenvalue weighted by Crippen LogP contribution is -2.58. The van der Waals surface area contributed by atoms with Crippen molar-refractivity contribution in [2.45, 2.75) is 75.8 Å². The molecule has 1 aliphatic heterocycles. The maximum absolute atomic E-state index is 6.42. The average Bonchev–Trinajstić information content (AvgIpc) is 2.89. The lowest BCUT2D eigenvalue weighted by atomic mass is 9.81. The third-order valence-corrected chi connectivity index (χ3v) is 5.69. The number of hydrogen-bond donors (Lipinski definition) is 1. The molecule has 0 aromatic carbocycles. The van der Waals surface area contributed by atoms with E-state index in [2.05, 4.69) is 18.9 Å². The number of nitrogens with two attached hydrogens (primary N) is 1. The van der Waals surface area contributed by atoms with Crippen LogP contribution in [0, 0.1) is 5.92 Å². The first kappa shape index (κ1) is 14.8. The van der Waals surface area contributed by atoms with Gasteiger partial charge in [-0.2, -0.15) is 0 Å². The third kappa shape index (κ3) is 2.89. The number of rotatable bonds is 2. The van der Waals surface area contributed by atoms with Crippen LogP contribution in [0.15, 0.2) is 0 Å². The molecule has 1 saturated heterocycles. The Hall–Kier alpha value is -0.160. The minimum atomic E-state index is -0.324. The predicted molar refractivity (Wildman–Crippen MR) is 79.4 cm³/mol. The molecule has 2 N–H and O–H groups in total. The fourth-order valence-electron chi connectivity index (χ4n) is 4.40. The standard InChI is InChI=1S/C16H30N2O2/c1-12-4-3-5-13(10-12)18(2)15-11-16(7-6-14(15)17)19-8-9-20-16/h12-15H,3-11,17H2,1-2H3. The molecule has 4 unspecified atom stereocenters. The number of ether oxygens (including phenoxy) is 2. The second kappa shape index (κ2) is 5.91. The SMILES string of the molecule is CC1CCCC(N(C)C2CC3(CCC2N)OCCO3)C1. The maximum Gasteiger partial charge on any atom is 0.170 e. The summed E-state index contributed by atoms with van der Waals surface area (Å²) in [5.41, 5.74) is 6.42. The van der Waals surface area contributed by atoms with Crippen molar-refractivity contribution in [3.05, 3.63) is 0 Å². The second-order valence-corrected chi connectivity index (χ2v) is 7.17. The molecule has 3 fully saturated rings. The topological polar surface area (TPSA) is 47.7 Å². The van der Waals surface area contributed by atoms with E-state index >= 15 is 0 Å². The summed E-state index contributed by atoms with van der Waals surface area (Å²) in [6.45, 7) is 3.86. The monoisotopic (exact) mass is 282 g/mol. The summed E-state index contributed by atoms with van der Waals surface area (Å²) in [5.74, 6) is 0.527. The number of hydrogen-bond acceptors (Lipinski definition) is 4. The van der Waals surface area contributed by atoms with Crippen molar-refractivity contribution in [3.8, 4) is 0 Å². The van der Waals surface area contributed by atoms with Gasteiger partial charge in [0.25, 0.3) is 0 Å². The van der Waals surface area contributed by atoms with E-state index in [0.29, 0.717) is 12.1 Å². The Kier molecular flexibility index (Phi) is 4.37. The van der Waals surface area contributed by atoms with Gasteiger partial charge in [0, 0.05) is 31.0 Å². The highest BCUT2D eigenvalue weighted by molar-refractivity contribution is 4.96. The van der Waals surface area contributed by atoms with Crippen molar-refractivity contribution in [1.82, 2.24) is 4.90 Å². The molecule has 116 valence electrons. The van der Waals surface area contributed by atoms with Gasteiger partial charge in [0.05, 0.1) is 13.2 Å². The van der Waals surface area contributed by atoms with Crippen LogP contribution in [0.25, 0.3) is 0 Å². The van der Waals surface area contributed by atoms with Gasteiger partial charge in [0.15, 0.2) is 5.79 Å². The van der Waals surface area contributed by atoms with Gasteiger partial charge in [-0.1, -0.05) is 19.8 Å². The molecular weight excluding hydrogens is 252 g/mol. The van der Waals surface area contributed by atoms with Crippen LogP contribution in [-0.2, 0) is 9.47 Å². The molecule has 2 saturated carbocycles. The van der Waals surface area contributed by atoms with Crippen LogP contribution in [0.1, 0.15) is 51.9 Å². The van der Waals surface area contributed by atoms with Crippen molar-refractivity contribution in [1.29, 1.82) is 0 Å². The number of nitrogens with zero attached hydrogens (tertiary/aromatic N) is 1. The Balaban J connectivity index is 1.66. The van der Waals surface area contributed by atoms with Crippen LogP contribution in [0.5, 0.6) is 0 Å². The lowest BCUT2D eigenvalue weighted by molar-refractivity contribution is -0.193. The molecule has 0 bridgehead atoms. The van der Waals surface area contributed by atoms with E-state index in [9.17, 15) is 0 Å². The number of likely N-dealkylation sites (N-methyl/N-ethyl adjacent to an activating group) is 1. The summed E-state index contributed by atoms with van der Waals surface area (Å²) in [7, 11) is 2.27. The summed E-state index contributed by atoms with van der Waals surface area (Å²) in [6.07, 6.45) is 8.28. The fourth-order valence-corrected chi connectivity index (χ4v) is 4.40. The summed E-state index contributed by atoms with van der Waals surface area (Å²) < 4.78 is 11.8. The molecular formula is C16H30N2O2. The molecule has 3 aliphatic rings. The van der Waals surface area contributed by atoms with Crippen molar-refractivity contribution in [2.24, 2.45) is 11.7 Å². The molecule has 0 amide bonds. The van der Waals surface area contributed by atoms with Gasteiger partial charge in [-0.15, -0.1) is 0 Å². The Morgan fingerprint density at radius 1 is 1.15 bits per heavy atom. The molecule has 4 atom stereocenters. The van der Waals surface area contributed by atoms with E-state index in [-0.39, 0.29) is 11.8 Å². The van der Waals surface area contributed by atoms with E-state index in [1.165, 1.54) is 25.7 Å². The first-order valence-electron chi connectivity index (χ1n) is 8.35. The van der Waals surface area contributed by atoms with Crippen LogP contribution < -0.4 is 5.73 Å². The maximum atomic E-state index is 6.42. The second-order valence-electron chi connectivity index (χ2n) is 7.17. The molecule has 2 aliphatic carbocycles. The third-order valence-electron chi connectivity index (χ3n) is 5.69. The smallest absolute Gasteiger partial charge is 0.170 e. The van der Waals surface area contributed by atoms with E-state index < -0.39 is 0 Å². The van der Waals surface area contributed by atoms with E-state index in [1.807, 2.05) is 0 Å². The highest BCUT2D eigenvalue weighted by Gasteiger charge is 2.46. The largest absolute Gasteiger partial charge is 0.347 e. The van der Waals surface area contributed by atoms with Crippen molar-refractivity contribution < 1.29 is 9.47 Å². The Morgan fingerprint density at radius 2 is 1.90 bits per heavy atom. The molecule has 20 heavy (non-hydrogen) atoms.